The van der Waals surface area contributed by atoms with Crippen LogP contribution in [0.3, 0.4) is 0 Å². The largest absolute Gasteiger partial charge is 0.497 e. The molecule has 0 aliphatic carbocycles. The molecule has 2 aromatic rings. The molecule has 0 bridgehead atoms. The van der Waals surface area contributed by atoms with E-state index >= 15 is 0 Å². The monoisotopic (exact) mass is 390 g/mol. The fraction of sp³-hybridized carbons (Fsp3) is 0.238. The van der Waals surface area contributed by atoms with E-state index in [9.17, 15) is 14.4 Å². The van der Waals surface area contributed by atoms with Crippen LogP contribution in [0.15, 0.2) is 48.5 Å². The molecular weight excluding hydrogens is 372 g/mol. The molecule has 0 spiro atoms. The van der Waals surface area contributed by atoms with Gasteiger partial charge in [0.2, 0.25) is 0 Å². The number of methoxy groups -OCH3 is 1. The first-order chi connectivity index (χ1) is 14.0. The van der Waals surface area contributed by atoms with Crippen LogP contribution in [0.1, 0.15) is 22.3 Å². The first-order valence-corrected chi connectivity index (χ1v) is 9.13. The molecule has 0 radical (unpaired) electrons. The summed E-state index contributed by atoms with van der Waals surface area (Å²) >= 11 is 0. The van der Waals surface area contributed by atoms with E-state index in [-0.39, 0.29) is 5.91 Å². The Kier molecular flexibility index (Phi) is 4.64. The van der Waals surface area contributed by atoms with E-state index in [1.165, 1.54) is 12.0 Å². The number of nitriles is 1. The lowest BCUT2D eigenvalue weighted by molar-refractivity contribution is -0.122. The molecule has 2 heterocycles. The van der Waals surface area contributed by atoms with E-state index in [1.807, 2.05) is 6.07 Å². The summed E-state index contributed by atoms with van der Waals surface area (Å²) in [7, 11) is 1.50. The lowest BCUT2D eigenvalue weighted by Crippen LogP contribution is -2.65. The van der Waals surface area contributed by atoms with Gasteiger partial charge in [0, 0.05) is 18.2 Å². The number of nitrogens with zero attached hydrogens (tertiary/aromatic N) is 3. The number of hydrogen-bond donors (Lipinski definition) is 1. The second-order valence-electron chi connectivity index (χ2n) is 6.85. The molecule has 1 N–H and O–H groups in total. The molecule has 2 saturated heterocycles. The maximum absolute atomic E-state index is 13.3. The number of imide groups is 1. The van der Waals surface area contributed by atoms with Crippen molar-refractivity contribution in [3.8, 4) is 11.8 Å². The SMILES string of the molecule is COc1cccc(N2C(=O)N[C@@H]3CCN(C(=O)c4ccc(C#N)cc4)[C@H]3C2=O)c1. The van der Waals surface area contributed by atoms with Gasteiger partial charge >= 0.3 is 6.03 Å². The van der Waals surface area contributed by atoms with Gasteiger partial charge in [-0.15, -0.1) is 0 Å². The summed E-state index contributed by atoms with van der Waals surface area (Å²) in [4.78, 5) is 41.4. The highest BCUT2D eigenvalue weighted by Gasteiger charge is 2.50. The maximum atomic E-state index is 13.3. The summed E-state index contributed by atoms with van der Waals surface area (Å²) in [6, 6.07) is 13.2. The van der Waals surface area contributed by atoms with Crippen molar-refractivity contribution in [3.63, 3.8) is 0 Å². The second kappa shape index (κ2) is 7.28. The molecule has 8 heteroatoms. The van der Waals surface area contributed by atoms with Gasteiger partial charge in [0.25, 0.3) is 11.8 Å². The molecule has 2 aliphatic heterocycles. The van der Waals surface area contributed by atoms with Crippen molar-refractivity contribution >= 4 is 23.5 Å². The minimum atomic E-state index is -0.790. The van der Waals surface area contributed by atoms with Crippen molar-refractivity contribution < 1.29 is 19.1 Å². The van der Waals surface area contributed by atoms with Gasteiger partial charge in [-0.05, 0) is 42.8 Å². The van der Waals surface area contributed by atoms with Crippen LogP contribution in [0.25, 0.3) is 0 Å². The molecule has 2 fully saturated rings. The van der Waals surface area contributed by atoms with Gasteiger partial charge in [-0.1, -0.05) is 6.07 Å². The molecule has 2 aromatic carbocycles. The predicted molar refractivity (Wildman–Crippen MR) is 103 cm³/mol. The average molecular weight is 390 g/mol. The standard InChI is InChI=1S/C21H18N4O4/c1-29-16-4-2-3-15(11-16)25-20(27)18-17(23-21(25)28)9-10-24(18)19(26)14-7-5-13(12-22)6-8-14/h2-8,11,17-18H,9-10H2,1H3,(H,23,28)/t17-,18-/m1/s1. The average Bonchev–Trinajstić information content (AvgIpc) is 3.17. The molecule has 0 saturated carbocycles. The number of nitrogens with one attached hydrogen (secondary N) is 1. The van der Waals surface area contributed by atoms with E-state index in [0.717, 1.165) is 4.90 Å². The van der Waals surface area contributed by atoms with Crippen LogP contribution in [0.4, 0.5) is 10.5 Å². The number of carbonyl (C=O) groups excluding carboxylic acids is 3. The third-order valence-corrected chi connectivity index (χ3v) is 5.22. The first kappa shape index (κ1) is 18.5. The lowest BCUT2D eigenvalue weighted by Gasteiger charge is -2.37. The van der Waals surface area contributed by atoms with E-state index in [4.69, 9.17) is 10.00 Å². The first-order valence-electron chi connectivity index (χ1n) is 9.13. The Morgan fingerprint density at radius 3 is 2.66 bits per heavy atom. The highest BCUT2D eigenvalue weighted by Crippen LogP contribution is 2.30. The Labute approximate surface area is 167 Å². The van der Waals surface area contributed by atoms with Gasteiger partial charge < -0.3 is 15.0 Å². The number of amides is 4. The molecule has 4 rings (SSSR count). The summed E-state index contributed by atoms with van der Waals surface area (Å²) in [5.74, 6) is -0.245. The number of likely N-dealkylation sites (tertiary alicyclic amines) is 1. The zero-order valence-electron chi connectivity index (χ0n) is 15.7. The number of anilines is 1. The van der Waals surface area contributed by atoms with E-state index in [1.54, 1.807) is 48.5 Å². The van der Waals surface area contributed by atoms with Gasteiger partial charge in [0.15, 0.2) is 0 Å². The Morgan fingerprint density at radius 1 is 1.21 bits per heavy atom. The summed E-state index contributed by atoms with van der Waals surface area (Å²) < 4.78 is 5.18. The van der Waals surface area contributed by atoms with Crippen LogP contribution in [0.2, 0.25) is 0 Å². The molecule has 146 valence electrons. The van der Waals surface area contributed by atoms with Gasteiger partial charge in [0.1, 0.15) is 11.8 Å². The summed E-state index contributed by atoms with van der Waals surface area (Å²) in [5, 5.41) is 11.8. The van der Waals surface area contributed by atoms with Gasteiger partial charge in [-0.2, -0.15) is 5.26 Å². The number of urea groups is 1. The Bertz CT molecular complexity index is 1030. The van der Waals surface area contributed by atoms with E-state index in [2.05, 4.69) is 5.32 Å². The molecule has 29 heavy (non-hydrogen) atoms. The maximum Gasteiger partial charge on any atom is 0.329 e. The molecule has 4 amide bonds. The van der Waals surface area contributed by atoms with Crippen molar-refractivity contribution in [2.75, 3.05) is 18.6 Å². The minimum absolute atomic E-state index is 0.308. The van der Waals surface area contributed by atoms with Gasteiger partial charge in [-0.25, -0.2) is 9.69 Å². The molecule has 2 atom stereocenters. The summed E-state index contributed by atoms with van der Waals surface area (Å²) in [6.45, 7) is 0.353. The van der Waals surface area contributed by atoms with Crippen molar-refractivity contribution in [1.29, 1.82) is 5.26 Å². The molecule has 8 nitrogen and oxygen atoms in total. The fourth-order valence-corrected chi connectivity index (χ4v) is 3.78. The van der Waals surface area contributed by atoms with Gasteiger partial charge in [0.05, 0.1) is 30.5 Å². The van der Waals surface area contributed by atoms with Crippen molar-refractivity contribution in [2.24, 2.45) is 0 Å². The van der Waals surface area contributed by atoms with Crippen LogP contribution < -0.4 is 15.0 Å². The third kappa shape index (κ3) is 3.17. The van der Waals surface area contributed by atoms with Gasteiger partial charge in [-0.3, -0.25) is 9.59 Å². The highest BCUT2D eigenvalue weighted by molar-refractivity contribution is 6.19. The minimum Gasteiger partial charge on any atom is -0.497 e. The normalized spacial score (nSPS) is 20.7. The van der Waals surface area contributed by atoms with Crippen LogP contribution in [-0.4, -0.2) is 48.5 Å². The molecular formula is C21H18N4O4. The van der Waals surface area contributed by atoms with Crippen LogP contribution in [0, 0.1) is 11.3 Å². The van der Waals surface area contributed by atoms with Crippen molar-refractivity contribution in [3.05, 3.63) is 59.7 Å². The fourth-order valence-electron chi connectivity index (χ4n) is 3.78. The number of carbonyl (C=O) groups is 3. The Morgan fingerprint density at radius 2 is 1.97 bits per heavy atom. The predicted octanol–water partition coefficient (Wildman–Crippen LogP) is 1.91. The van der Waals surface area contributed by atoms with Crippen LogP contribution in [0.5, 0.6) is 5.75 Å². The van der Waals surface area contributed by atoms with Crippen LogP contribution >= 0.6 is 0 Å². The number of ether oxygens (including phenoxy) is 1. The second-order valence-corrected chi connectivity index (χ2v) is 6.85. The summed E-state index contributed by atoms with van der Waals surface area (Å²) in [5.41, 5.74) is 1.22. The third-order valence-electron chi connectivity index (χ3n) is 5.22. The van der Waals surface area contributed by atoms with Crippen LogP contribution in [-0.2, 0) is 4.79 Å². The molecule has 0 aromatic heterocycles. The summed E-state index contributed by atoms with van der Waals surface area (Å²) in [6.07, 6.45) is 0.496. The highest BCUT2D eigenvalue weighted by atomic mass is 16.5. The topological polar surface area (TPSA) is 103 Å². The van der Waals surface area contributed by atoms with E-state index in [0.29, 0.717) is 35.5 Å². The Hall–Kier alpha value is -3.86. The zero-order valence-corrected chi connectivity index (χ0v) is 15.7. The zero-order chi connectivity index (χ0) is 20.5. The van der Waals surface area contributed by atoms with Crippen molar-refractivity contribution in [1.82, 2.24) is 10.2 Å². The number of benzene rings is 2. The molecule has 0 unspecified atom stereocenters. The molecule has 2 aliphatic rings. The van der Waals surface area contributed by atoms with E-state index < -0.39 is 24.0 Å². The number of hydrogen-bond acceptors (Lipinski definition) is 5. The Balaban J connectivity index is 1.63. The lowest BCUT2D eigenvalue weighted by atomic mass is 10.0. The number of fused-ring (bicyclic) bond motifs is 1. The number of rotatable bonds is 3. The smallest absolute Gasteiger partial charge is 0.329 e. The quantitative estimate of drug-likeness (QED) is 0.862. The van der Waals surface area contributed by atoms with Crippen molar-refractivity contribution in [2.45, 2.75) is 18.5 Å².